The van der Waals surface area contributed by atoms with Crippen molar-refractivity contribution < 1.29 is 14.3 Å². The van der Waals surface area contributed by atoms with E-state index in [0.717, 1.165) is 19.3 Å². The molecule has 4 nitrogen and oxygen atoms in total. The van der Waals surface area contributed by atoms with Gasteiger partial charge < -0.3 is 4.74 Å². The second-order valence-corrected chi connectivity index (χ2v) is 5.58. The molecule has 1 aliphatic heterocycles. The number of rotatable bonds is 6. The normalized spacial score (nSPS) is 18.3. The average Bonchev–Trinajstić information content (AvgIpc) is 2.85. The summed E-state index contributed by atoms with van der Waals surface area (Å²) in [7, 11) is 0. The number of unbranched alkanes of at least 4 members (excludes halogenated alkanes) is 2. The number of halogens is 1. The van der Waals surface area contributed by atoms with Crippen molar-refractivity contribution in [3.05, 3.63) is 34.9 Å². The van der Waals surface area contributed by atoms with E-state index in [1.54, 1.807) is 24.3 Å². The quantitative estimate of drug-likeness (QED) is 0.595. The topological polar surface area (TPSA) is 46.6 Å². The third kappa shape index (κ3) is 4.05. The van der Waals surface area contributed by atoms with Crippen LogP contribution in [-0.2, 0) is 9.53 Å². The molecular weight excluding hydrogens is 290 g/mol. The molecule has 114 valence electrons. The van der Waals surface area contributed by atoms with Crippen molar-refractivity contribution in [3.8, 4) is 0 Å². The lowest BCUT2D eigenvalue weighted by Gasteiger charge is -2.23. The highest BCUT2D eigenvalue weighted by atomic mass is 35.5. The van der Waals surface area contributed by atoms with Crippen LogP contribution in [0.15, 0.2) is 24.3 Å². The standard InChI is InChI=1S/C16H20ClNO3/c1-2-3-4-11-21-15-10-9-14(19)18(15)16(20)12-5-7-13(17)8-6-12/h5-8,15H,2-4,9-11H2,1H3. The lowest BCUT2D eigenvalue weighted by atomic mass is 10.2. The Morgan fingerprint density at radius 1 is 1.33 bits per heavy atom. The Labute approximate surface area is 130 Å². The van der Waals surface area contributed by atoms with Gasteiger partial charge in [-0.3, -0.25) is 14.5 Å². The van der Waals surface area contributed by atoms with Gasteiger partial charge in [0.25, 0.3) is 5.91 Å². The van der Waals surface area contributed by atoms with E-state index in [1.807, 2.05) is 0 Å². The van der Waals surface area contributed by atoms with Crippen LogP contribution in [0.2, 0.25) is 5.02 Å². The lowest BCUT2D eigenvalue weighted by molar-refractivity contribution is -0.131. The molecule has 5 heteroatoms. The number of hydrogen-bond acceptors (Lipinski definition) is 3. The van der Waals surface area contributed by atoms with Crippen LogP contribution in [0.25, 0.3) is 0 Å². The highest BCUT2D eigenvalue weighted by molar-refractivity contribution is 6.30. The molecule has 1 atom stereocenters. The maximum absolute atomic E-state index is 12.4. The molecule has 0 aromatic heterocycles. The van der Waals surface area contributed by atoms with Crippen LogP contribution < -0.4 is 0 Å². The Bertz CT molecular complexity index is 501. The zero-order valence-electron chi connectivity index (χ0n) is 12.2. The number of imide groups is 1. The molecule has 0 N–H and O–H groups in total. The third-order valence-corrected chi connectivity index (χ3v) is 3.78. The monoisotopic (exact) mass is 309 g/mol. The van der Waals surface area contributed by atoms with E-state index in [9.17, 15) is 9.59 Å². The molecule has 1 aromatic rings. The molecular formula is C16H20ClNO3. The first kappa shape index (κ1) is 16.0. The minimum Gasteiger partial charge on any atom is -0.358 e. The molecule has 1 heterocycles. The van der Waals surface area contributed by atoms with Crippen molar-refractivity contribution >= 4 is 23.4 Å². The number of carbonyl (C=O) groups excluding carboxylic acids is 2. The molecule has 0 saturated carbocycles. The van der Waals surface area contributed by atoms with Crippen molar-refractivity contribution in [1.29, 1.82) is 0 Å². The van der Waals surface area contributed by atoms with Crippen molar-refractivity contribution in [3.63, 3.8) is 0 Å². The first-order chi connectivity index (χ1) is 10.1. The summed E-state index contributed by atoms with van der Waals surface area (Å²) in [5.41, 5.74) is 0.455. The summed E-state index contributed by atoms with van der Waals surface area (Å²) in [5, 5.41) is 0.562. The Balaban J connectivity index is 2.02. The molecule has 1 saturated heterocycles. The van der Waals surface area contributed by atoms with E-state index < -0.39 is 6.23 Å². The van der Waals surface area contributed by atoms with E-state index in [4.69, 9.17) is 16.3 Å². The Morgan fingerprint density at radius 3 is 2.71 bits per heavy atom. The second-order valence-electron chi connectivity index (χ2n) is 5.15. The lowest BCUT2D eigenvalue weighted by Crippen LogP contribution is -2.40. The van der Waals surface area contributed by atoms with Crippen LogP contribution in [0.3, 0.4) is 0 Å². The molecule has 1 aromatic carbocycles. The van der Waals surface area contributed by atoms with E-state index in [1.165, 1.54) is 4.90 Å². The SMILES string of the molecule is CCCCCOC1CCC(=O)N1C(=O)c1ccc(Cl)cc1. The maximum atomic E-state index is 12.4. The number of amides is 2. The van der Waals surface area contributed by atoms with Gasteiger partial charge in [0.2, 0.25) is 5.91 Å². The van der Waals surface area contributed by atoms with Gasteiger partial charge >= 0.3 is 0 Å². The molecule has 0 radical (unpaired) electrons. The average molecular weight is 310 g/mol. The van der Waals surface area contributed by atoms with Gasteiger partial charge in [-0.2, -0.15) is 0 Å². The van der Waals surface area contributed by atoms with Crippen molar-refractivity contribution in [2.24, 2.45) is 0 Å². The number of likely N-dealkylation sites (tertiary alicyclic amines) is 1. The molecule has 0 bridgehead atoms. The fraction of sp³-hybridized carbons (Fsp3) is 0.500. The van der Waals surface area contributed by atoms with Gasteiger partial charge in [0.1, 0.15) is 6.23 Å². The minimum atomic E-state index is -0.433. The van der Waals surface area contributed by atoms with Crippen LogP contribution in [0.1, 0.15) is 49.4 Å². The van der Waals surface area contributed by atoms with E-state index >= 15 is 0 Å². The van der Waals surface area contributed by atoms with Gasteiger partial charge in [0.05, 0.1) is 0 Å². The van der Waals surface area contributed by atoms with Crippen LogP contribution in [0.4, 0.5) is 0 Å². The number of nitrogens with zero attached hydrogens (tertiary/aromatic N) is 1. The summed E-state index contributed by atoms with van der Waals surface area (Å²) in [5.74, 6) is -0.481. The fourth-order valence-electron chi connectivity index (χ4n) is 2.36. The van der Waals surface area contributed by atoms with Gasteiger partial charge in [-0.25, -0.2) is 0 Å². The van der Waals surface area contributed by atoms with Crippen molar-refractivity contribution in [2.45, 2.75) is 45.3 Å². The molecule has 1 fully saturated rings. The molecule has 0 spiro atoms. The highest BCUT2D eigenvalue weighted by Crippen LogP contribution is 2.23. The van der Waals surface area contributed by atoms with E-state index in [0.29, 0.717) is 30.0 Å². The van der Waals surface area contributed by atoms with E-state index in [2.05, 4.69) is 6.92 Å². The predicted octanol–water partition coefficient (Wildman–Crippen LogP) is 3.64. The minimum absolute atomic E-state index is 0.171. The summed E-state index contributed by atoms with van der Waals surface area (Å²) in [6, 6.07) is 6.55. The van der Waals surface area contributed by atoms with Gasteiger partial charge in [-0.05, 0) is 30.7 Å². The number of carbonyl (C=O) groups is 2. The smallest absolute Gasteiger partial charge is 0.262 e. The molecule has 2 amide bonds. The van der Waals surface area contributed by atoms with Crippen LogP contribution in [-0.4, -0.2) is 29.5 Å². The van der Waals surface area contributed by atoms with E-state index in [-0.39, 0.29) is 11.8 Å². The predicted molar refractivity (Wildman–Crippen MR) is 81.1 cm³/mol. The largest absolute Gasteiger partial charge is 0.358 e. The Morgan fingerprint density at radius 2 is 2.05 bits per heavy atom. The van der Waals surface area contributed by atoms with Gasteiger partial charge in [-0.1, -0.05) is 31.4 Å². The highest BCUT2D eigenvalue weighted by Gasteiger charge is 2.36. The summed E-state index contributed by atoms with van der Waals surface area (Å²) in [6.07, 6.45) is 3.65. The molecule has 21 heavy (non-hydrogen) atoms. The molecule has 2 rings (SSSR count). The first-order valence-corrected chi connectivity index (χ1v) is 7.75. The van der Waals surface area contributed by atoms with Gasteiger partial charge in [0, 0.05) is 30.0 Å². The zero-order valence-corrected chi connectivity index (χ0v) is 12.9. The van der Waals surface area contributed by atoms with Crippen LogP contribution in [0.5, 0.6) is 0 Å². The van der Waals surface area contributed by atoms with Crippen LogP contribution in [0, 0.1) is 0 Å². The van der Waals surface area contributed by atoms with Gasteiger partial charge in [-0.15, -0.1) is 0 Å². The number of ether oxygens (including phenoxy) is 1. The van der Waals surface area contributed by atoms with Crippen molar-refractivity contribution in [1.82, 2.24) is 4.90 Å². The Hall–Kier alpha value is -1.39. The van der Waals surface area contributed by atoms with Crippen molar-refractivity contribution in [2.75, 3.05) is 6.61 Å². The third-order valence-electron chi connectivity index (χ3n) is 3.53. The molecule has 1 unspecified atom stereocenters. The van der Waals surface area contributed by atoms with Gasteiger partial charge in [0.15, 0.2) is 0 Å². The van der Waals surface area contributed by atoms with Crippen LogP contribution >= 0.6 is 11.6 Å². The summed E-state index contributed by atoms with van der Waals surface area (Å²) in [6.45, 7) is 2.70. The molecule has 1 aliphatic rings. The zero-order chi connectivity index (χ0) is 15.2. The maximum Gasteiger partial charge on any atom is 0.262 e. The number of benzene rings is 1. The first-order valence-electron chi connectivity index (χ1n) is 7.37. The summed E-state index contributed by atoms with van der Waals surface area (Å²) >= 11 is 5.82. The summed E-state index contributed by atoms with van der Waals surface area (Å²) in [4.78, 5) is 25.6. The second kappa shape index (κ2) is 7.57. The fourth-order valence-corrected chi connectivity index (χ4v) is 2.49. The Kier molecular flexibility index (Phi) is 5.76. The molecule has 0 aliphatic carbocycles. The number of hydrogen-bond donors (Lipinski definition) is 0. The summed E-state index contributed by atoms with van der Waals surface area (Å²) < 4.78 is 5.71.